The first-order valence-corrected chi connectivity index (χ1v) is 11.6. The Balaban J connectivity index is 1.45. The van der Waals surface area contributed by atoms with E-state index in [1.54, 1.807) is 0 Å². The van der Waals surface area contributed by atoms with Crippen molar-refractivity contribution in [2.75, 3.05) is 0 Å². The van der Waals surface area contributed by atoms with Crippen molar-refractivity contribution < 1.29 is 9.90 Å². The Kier molecular flexibility index (Phi) is 3.66. The van der Waals surface area contributed by atoms with Gasteiger partial charge in [0.25, 0.3) is 0 Å². The van der Waals surface area contributed by atoms with Gasteiger partial charge < -0.3 is 4.42 Å². The van der Waals surface area contributed by atoms with Crippen LogP contribution in [0.1, 0.15) is 80.4 Å². The van der Waals surface area contributed by atoms with Gasteiger partial charge in [-0.25, -0.2) is 9.97 Å². The number of hydrogen-bond donors (Lipinski definition) is 0. The van der Waals surface area contributed by atoms with Gasteiger partial charge in [0.05, 0.1) is 11.3 Å². The van der Waals surface area contributed by atoms with E-state index in [1.165, 1.54) is 38.3 Å². The van der Waals surface area contributed by atoms with Gasteiger partial charge in [-0.3, -0.25) is 0 Å². The zero-order chi connectivity index (χ0) is 24.3. The van der Waals surface area contributed by atoms with Crippen LogP contribution in [-0.2, 0) is 0 Å². The molecule has 3 nitrogen and oxygen atoms in total. The van der Waals surface area contributed by atoms with Crippen LogP contribution in [0.4, 0.5) is 0 Å². The van der Waals surface area contributed by atoms with Gasteiger partial charge in [-0.05, 0) is 68.5 Å². The zero-order valence-corrected chi connectivity index (χ0v) is 17.8. The maximum Gasteiger partial charge on any atom is 0.163 e. The third kappa shape index (κ3) is 3.26. The Labute approximate surface area is 189 Å². The van der Waals surface area contributed by atoms with Gasteiger partial charge in [0, 0.05) is 28.3 Å². The second-order valence-corrected chi connectivity index (χ2v) is 9.40. The number of nitrogens with zero attached hydrogens (tertiary/aromatic N) is 2. The fraction of sp³-hybridized carbons (Fsp3) is 0.429. The van der Waals surface area contributed by atoms with Crippen LogP contribution in [0, 0.1) is 12.3 Å². The molecule has 31 heavy (non-hydrogen) atoms. The monoisotopic (exact) mass is 414 g/mol. The smallest absolute Gasteiger partial charge is 0.163 e. The van der Waals surface area contributed by atoms with Gasteiger partial charge in [0.15, 0.2) is 5.82 Å². The topological polar surface area (TPSA) is 38.9 Å². The van der Waals surface area contributed by atoms with Crippen LogP contribution in [-0.4, -0.2) is 9.97 Å². The molecule has 0 saturated heterocycles. The SMILES string of the molecule is [2H]C([2H])([2H])c1cnc(-c2cccc3c2oc2ccccc23)nc1C1([2H])CCC2(CCCCC2)CC1. The maximum atomic E-state index is 9.43. The molecule has 2 saturated carbocycles. The van der Waals surface area contributed by atoms with Crippen LogP contribution < -0.4 is 0 Å². The molecule has 0 aliphatic heterocycles. The number of benzene rings is 2. The second-order valence-electron chi connectivity index (χ2n) is 9.40. The van der Waals surface area contributed by atoms with Gasteiger partial charge in [0.2, 0.25) is 0 Å². The van der Waals surface area contributed by atoms with Crippen LogP contribution in [0.3, 0.4) is 0 Å². The Morgan fingerprint density at radius 2 is 1.77 bits per heavy atom. The minimum atomic E-state index is -2.37. The lowest BCUT2D eigenvalue weighted by molar-refractivity contribution is 0.113. The number of rotatable bonds is 2. The molecule has 2 aromatic carbocycles. The van der Waals surface area contributed by atoms with Gasteiger partial charge in [-0.15, -0.1) is 0 Å². The van der Waals surface area contributed by atoms with Gasteiger partial charge in [-0.2, -0.15) is 0 Å². The van der Waals surface area contributed by atoms with E-state index in [0.717, 1.165) is 34.8 Å². The molecule has 0 unspecified atom stereocenters. The van der Waals surface area contributed by atoms with E-state index in [4.69, 9.17) is 13.5 Å². The molecule has 0 bridgehead atoms. The van der Waals surface area contributed by atoms with Crippen LogP contribution in [0.2, 0.25) is 0 Å². The standard InChI is InChI=1S/C28H30N2O/c1-19-18-29-27(23-10-7-9-22-21-8-3-4-11-24(21)31-26(22)23)30-25(19)20-12-16-28(17-13-20)14-5-2-6-15-28/h3-4,7-11,18,20H,2,5-6,12-17H2,1H3/i1D3,20D. The van der Waals surface area contributed by atoms with Crippen molar-refractivity contribution in [2.24, 2.45) is 5.41 Å². The molecular formula is C28H30N2O. The normalized spacial score (nSPS) is 22.7. The molecule has 4 aromatic rings. The summed E-state index contributed by atoms with van der Waals surface area (Å²) in [6.07, 6.45) is 11.0. The highest BCUT2D eigenvalue weighted by atomic mass is 16.3. The first-order valence-electron chi connectivity index (χ1n) is 13.6. The largest absolute Gasteiger partial charge is 0.455 e. The lowest BCUT2D eigenvalue weighted by atomic mass is 9.63. The Morgan fingerprint density at radius 3 is 2.61 bits per heavy atom. The van der Waals surface area contributed by atoms with E-state index in [-0.39, 0.29) is 5.56 Å². The molecule has 6 rings (SSSR count). The minimum Gasteiger partial charge on any atom is -0.455 e. The first kappa shape index (κ1) is 15.2. The van der Waals surface area contributed by atoms with E-state index in [0.29, 0.717) is 35.4 Å². The highest BCUT2D eigenvalue weighted by Crippen LogP contribution is 2.51. The third-order valence-corrected chi connectivity index (χ3v) is 7.60. The molecule has 1 spiro atoms. The molecule has 0 radical (unpaired) electrons. The minimum absolute atomic E-state index is 0.104. The van der Waals surface area contributed by atoms with Crippen molar-refractivity contribution in [3.05, 3.63) is 59.9 Å². The number of aromatic nitrogens is 2. The van der Waals surface area contributed by atoms with E-state index < -0.39 is 12.7 Å². The fourth-order valence-electron chi connectivity index (χ4n) is 5.83. The average Bonchev–Trinajstić information content (AvgIpc) is 3.25. The third-order valence-electron chi connectivity index (χ3n) is 7.60. The molecule has 158 valence electrons. The highest BCUT2D eigenvalue weighted by Gasteiger charge is 2.37. The summed E-state index contributed by atoms with van der Waals surface area (Å²) < 4.78 is 40.0. The van der Waals surface area contributed by atoms with Crippen molar-refractivity contribution in [3.8, 4) is 11.4 Å². The average molecular weight is 415 g/mol. The summed E-state index contributed by atoms with van der Waals surface area (Å²) >= 11 is 0. The Hall–Kier alpha value is -2.68. The molecule has 2 heterocycles. The lowest BCUT2D eigenvalue weighted by Gasteiger charge is -2.43. The van der Waals surface area contributed by atoms with Crippen molar-refractivity contribution in [1.82, 2.24) is 9.97 Å². The maximum absolute atomic E-state index is 9.43. The lowest BCUT2D eigenvalue weighted by Crippen LogP contribution is -2.29. The Bertz CT molecular complexity index is 1390. The van der Waals surface area contributed by atoms with Crippen molar-refractivity contribution >= 4 is 21.9 Å². The van der Waals surface area contributed by atoms with E-state index in [1.807, 2.05) is 42.5 Å². The number of furan rings is 1. The number of hydrogen-bond acceptors (Lipinski definition) is 3. The highest BCUT2D eigenvalue weighted by molar-refractivity contribution is 6.08. The molecule has 0 N–H and O–H groups in total. The number of para-hydroxylation sites is 2. The van der Waals surface area contributed by atoms with E-state index >= 15 is 0 Å². The predicted molar refractivity (Wildman–Crippen MR) is 126 cm³/mol. The van der Waals surface area contributed by atoms with Gasteiger partial charge >= 0.3 is 0 Å². The molecular weight excluding hydrogens is 380 g/mol. The summed E-state index contributed by atoms with van der Waals surface area (Å²) in [6, 6.07) is 13.8. The summed E-state index contributed by atoms with van der Waals surface area (Å²) in [5.74, 6) is -0.603. The van der Waals surface area contributed by atoms with Crippen LogP contribution in [0.5, 0.6) is 0 Å². The van der Waals surface area contributed by atoms with Crippen LogP contribution >= 0.6 is 0 Å². The van der Waals surface area contributed by atoms with Gasteiger partial charge in [-0.1, -0.05) is 49.6 Å². The van der Waals surface area contributed by atoms with Crippen LogP contribution in [0.15, 0.2) is 53.1 Å². The van der Waals surface area contributed by atoms with E-state index in [9.17, 15) is 1.37 Å². The quantitative estimate of drug-likeness (QED) is 0.334. The molecule has 3 heteroatoms. The second kappa shape index (κ2) is 7.47. The molecule has 2 fully saturated rings. The predicted octanol–water partition coefficient (Wildman–Crippen LogP) is 7.96. The van der Waals surface area contributed by atoms with Gasteiger partial charge in [0.1, 0.15) is 11.2 Å². The number of aryl methyl sites for hydroxylation is 1. The first-order chi connectivity index (χ1) is 16.8. The zero-order valence-electron chi connectivity index (χ0n) is 21.8. The molecule has 2 aliphatic rings. The fourth-order valence-corrected chi connectivity index (χ4v) is 5.83. The van der Waals surface area contributed by atoms with Crippen molar-refractivity contribution in [3.63, 3.8) is 0 Å². The molecule has 2 aliphatic carbocycles. The molecule has 0 amide bonds. The summed E-state index contributed by atoms with van der Waals surface area (Å²) in [4.78, 5) is 9.33. The summed E-state index contributed by atoms with van der Waals surface area (Å²) in [5.41, 5.74) is 2.99. The van der Waals surface area contributed by atoms with Crippen molar-refractivity contribution in [1.29, 1.82) is 0 Å². The number of fused-ring (bicyclic) bond motifs is 3. The van der Waals surface area contributed by atoms with Crippen LogP contribution in [0.25, 0.3) is 33.3 Å². The summed E-state index contributed by atoms with van der Waals surface area (Å²) in [5, 5.41) is 1.99. The summed E-state index contributed by atoms with van der Waals surface area (Å²) in [7, 11) is 0. The molecule has 2 aromatic heterocycles. The Morgan fingerprint density at radius 1 is 0.968 bits per heavy atom. The summed E-state index contributed by atoms with van der Waals surface area (Å²) in [6.45, 7) is -2.37. The molecule has 0 atom stereocenters. The van der Waals surface area contributed by atoms with E-state index in [2.05, 4.69) is 4.98 Å². The van der Waals surface area contributed by atoms with Crippen molar-refractivity contribution in [2.45, 2.75) is 70.5 Å².